The highest BCUT2D eigenvalue weighted by Gasteiger charge is 2.24. The second kappa shape index (κ2) is 8.73. The Kier molecular flexibility index (Phi) is 6.13. The van der Waals surface area contributed by atoms with E-state index in [4.69, 9.17) is 10.5 Å². The van der Waals surface area contributed by atoms with E-state index < -0.39 is 11.5 Å². The number of primary amides is 1. The minimum absolute atomic E-state index is 0.0773. The van der Waals surface area contributed by atoms with Gasteiger partial charge in [-0.1, -0.05) is 18.2 Å². The molecule has 0 spiro atoms. The number of nitrogens with one attached hydrogen (secondary N) is 2. The van der Waals surface area contributed by atoms with Crippen molar-refractivity contribution in [3.63, 3.8) is 0 Å². The first-order chi connectivity index (χ1) is 13.5. The van der Waals surface area contributed by atoms with Crippen molar-refractivity contribution in [3.05, 3.63) is 63.1 Å². The topological polar surface area (TPSA) is 114 Å². The summed E-state index contributed by atoms with van der Waals surface area (Å²) in [7, 11) is 0. The van der Waals surface area contributed by atoms with Crippen molar-refractivity contribution in [2.75, 3.05) is 6.61 Å². The maximum absolute atomic E-state index is 12.4. The number of fused-ring (bicyclic) bond motifs is 1. The SMILES string of the molecule is Cc1ccccc1OCCCC(=O)NC1CCCc2[nH]c(=O)c(C(N)=O)cc21. The van der Waals surface area contributed by atoms with Crippen molar-refractivity contribution < 1.29 is 14.3 Å². The van der Waals surface area contributed by atoms with Crippen molar-refractivity contribution in [2.24, 2.45) is 5.73 Å². The van der Waals surface area contributed by atoms with Crippen LogP contribution in [0.5, 0.6) is 5.75 Å². The molecule has 0 bridgehead atoms. The van der Waals surface area contributed by atoms with Crippen LogP contribution in [0.1, 0.15) is 58.9 Å². The minimum atomic E-state index is -0.770. The molecule has 1 aliphatic carbocycles. The fourth-order valence-electron chi connectivity index (χ4n) is 3.47. The molecule has 0 saturated heterocycles. The molecule has 1 aliphatic rings. The molecule has 1 atom stereocenters. The molecule has 4 N–H and O–H groups in total. The third kappa shape index (κ3) is 4.60. The van der Waals surface area contributed by atoms with Gasteiger partial charge < -0.3 is 20.8 Å². The third-order valence-corrected chi connectivity index (χ3v) is 4.95. The van der Waals surface area contributed by atoms with E-state index in [-0.39, 0.29) is 17.5 Å². The number of aromatic nitrogens is 1. The summed E-state index contributed by atoms with van der Waals surface area (Å²) in [5.74, 6) is -0.0295. The van der Waals surface area contributed by atoms with E-state index in [0.717, 1.165) is 35.4 Å². The molecule has 0 aliphatic heterocycles. The van der Waals surface area contributed by atoms with Crippen molar-refractivity contribution in [1.29, 1.82) is 0 Å². The van der Waals surface area contributed by atoms with Crippen LogP contribution >= 0.6 is 0 Å². The van der Waals surface area contributed by atoms with Crippen LogP contribution < -0.4 is 21.3 Å². The molecule has 2 aromatic rings. The van der Waals surface area contributed by atoms with E-state index in [9.17, 15) is 14.4 Å². The Hall–Kier alpha value is -3.09. The fraction of sp³-hybridized carbons (Fsp3) is 0.381. The van der Waals surface area contributed by atoms with Crippen LogP contribution in [0.3, 0.4) is 0 Å². The number of amides is 2. The first-order valence-corrected chi connectivity index (χ1v) is 9.49. The van der Waals surface area contributed by atoms with E-state index in [0.29, 0.717) is 25.9 Å². The van der Waals surface area contributed by atoms with Gasteiger partial charge >= 0.3 is 0 Å². The van der Waals surface area contributed by atoms with Crippen LogP contribution in [-0.4, -0.2) is 23.4 Å². The smallest absolute Gasteiger partial charge is 0.261 e. The predicted octanol–water partition coefficient (Wildman–Crippen LogP) is 2.14. The Morgan fingerprint density at radius 3 is 2.86 bits per heavy atom. The lowest BCUT2D eigenvalue weighted by Gasteiger charge is -2.26. The number of benzene rings is 1. The molecule has 0 radical (unpaired) electrons. The molecule has 148 valence electrons. The molecule has 28 heavy (non-hydrogen) atoms. The average molecular weight is 383 g/mol. The normalized spacial score (nSPS) is 15.5. The standard InChI is InChI=1S/C21H25N3O4/c1-13-6-2-3-9-18(13)28-11-5-10-19(25)23-16-7-4-8-17-14(16)12-15(20(22)26)21(27)24-17/h2-3,6,9,12,16H,4-5,7-8,10-11H2,1H3,(H2,22,26)(H,23,25)(H,24,27). The van der Waals surface area contributed by atoms with Crippen molar-refractivity contribution in [3.8, 4) is 5.75 Å². The number of para-hydroxylation sites is 1. The number of carbonyl (C=O) groups excluding carboxylic acids is 2. The number of rotatable bonds is 7. The summed E-state index contributed by atoms with van der Waals surface area (Å²) in [5, 5.41) is 3.00. The van der Waals surface area contributed by atoms with Gasteiger partial charge in [-0.25, -0.2) is 0 Å². The number of carbonyl (C=O) groups is 2. The Balaban J connectivity index is 1.56. The maximum atomic E-state index is 12.4. The second-order valence-corrected chi connectivity index (χ2v) is 7.04. The predicted molar refractivity (Wildman–Crippen MR) is 105 cm³/mol. The first kappa shape index (κ1) is 19.7. The third-order valence-electron chi connectivity index (χ3n) is 4.95. The summed E-state index contributed by atoms with van der Waals surface area (Å²) < 4.78 is 5.72. The molecule has 1 aromatic carbocycles. The van der Waals surface area contributed by atoms with E-state index >= 15 is 0 Å². The van der Waals surface area contributed by atoms with Gasteiger partial charge in [0.25, 0.3) is 11.5 Å². The number of hydrogen-bond acceptors (Lipinski definition) is 4. The summed E-state index contributed by atoms with van der Waals surface area (Å²) in [6.07, 6.45) is 3.24. The summed E-state index contributed by atoms with van der Waals surface area (Å²) >= 11 is 0. The monoisotopic (exact) mass is 383 g/mol. The number of aromatic amines is 1. The Labute approximate surface area is 163 Å². The molecule has 1 aromatic heterocycles. The van der Waals surface area contributed by atoms with Crippen molar-refractivity contribution in [1.82, 2.24) is 10.3 Å². The van der Waals surface area contributed by atoms with Crippen LogP contribution in [0.15, 0.2) is 35.1 Å². The zero-order valence-corrected chi connectivity index (χ0v) is 15.9. The molecule has 0 fully saturated rings. The zero-order chi connectivity index (χ0) is 20.1. The molecule has 1 heterocycles. The van der Waals surface area contributed by atoms with Gasteiger partial charge in [0.1, 0.15) is 11.3 Å². The Bertz CT molecular complexity index is 935. The Morgan fingerprint density at radius 2 is 2.11 bits per heavy atom. The molecule has 7 heteroatoms. The summed E-state index contributed by atoms with van der Waals surface area (Å²) in [6.45, 7) is 2.44. The quantitative estimate of drug-likeness (QED) is 0.636. The minimum Gasteiger partial charge on any atom is -0.493 e. The highest BCUT2D eigenvalue weighted by Crippen LogP contribution is 2.28. The highest BCUT2D eigenvalue weighted by molar-refractivity contribution is 5.92. The lowest BCUT2D eigenvalue weighted by molar-refractivity contribution is -0.122. The van der Waals surface area contributed by atoms with E-state index in [1.807, 2.05) is 31.2 Å². The number of aryl methyl sites for hydroxylation is 2. The molecule has 1 unspecified atom stereocenters. The maximum Gasteiger partial charge on any atom is 0.261 e. The molecule has 0 saturated carbocycles. The van der Waals surface area contributed by atoms with Gasteiger partial charge in [-0.15, -0.1) is 0 Å². The van der Waals surface area contributed by atoms with Gasteiger partial charge in [0.15, 0.2) is 0 Å². The summed E-state index contributed by atoms with van der Waals surface area (Å²) in [4.78, 5) is 38.5. The van der Waals surface area contributed by atoms with E-state index in [1.54, 1.807) is 0 Å². The number of ether oxygens (including phenoxy) is 1. The van der Waals surface area contributed by atoms with Gasteiger partial charge in [-0.05, 0) is 55.9 Å². The first-order valence-electron chi connectivity index (χ1n) is 9.49. The fourth-order valence-corrected chi connectivity index (χ4v) is 3.47. The largest absolute Gasteiger partial charge is 0.493 e. The lowest BCUT2D eigenvalue weighted by Crippen LogP contribution is -2.34. The van der Waals surface area contributed by atoms with Gasteiger partial charge in [-0.2, -0.15) is 0 Å². The molecule has 2 amide bonds. The van der Waals surface area contributed by atoms with E-state index in [2.05, 4.69) is 10.3 Å². The highest BCUT2D eigenvalue weighted by atomic mass is 16.5. The number of H-pyrrole nitrogens is 1. The number of hydrogen-bond donors (Lipinski definition) is 3. The number of pyridine rings is 1. The molecular formula is C21H25N3O4. The second-order valence-electron chi connectivity index (χ2n) is 7.04. The van der Waals surface area contributed by atoms with Crippen LogP contribution in [-0.2, 0) is 11.2 Å². The molecule has 3 rings (SSSR count). The van der Waals surface area contributed by atoms with Gasteiger partial charge in [0.05, 0.1) is 12.6 Å². The zero-order valence-electron chi connectivity index (χ0n) is 15.9. The van der Waals surface area contributed by atoms with Gasteiger partial charge in [0, 0.05) is 12.1 Å². The Morgan fingerprint density at radius 1 is 1.32 bits per heavy atom. The molecule has 7 nitrogen and oxygen atoms in total. The summed E-state index contributed by atoms with van der Waals surface area (Å²) in [5.41, 5.74) is 7.30. The van der Waals surface area contributed by atoms with Gasteiger partial charge in [0.2, 0.25) is 5.91 Å². The average Bonchev–Trinajstić information content (AvgIpc) is 2.66. The van der Waals surface area contributed by atoms with Crippen molar-refractivity contribution in [2.45, 2.75) is 45.1 Å². The van der Waals surface area contributed by atoms with Gasteiger partial charge in [-0.3, -0.25) is 14.4 Å². The van der Waals surface area contributed by atoms with Crippen molar-refractivity contribution >= 4 is 11.8 Å². The van der Waals surface area contributed by atoms with Crippen LogP contribution in [0.25, 0.3) is 0 Å². The van der Waals surface area contributed by atoms with Crippen LogP contribution in [0.4, 0.5) is 0 Å². The van der Waals surface area contributed by atoms with Crippen LogP contribution in [0.2, 0.25) is 0 Å². The van der Waals surface area contributed by atoms with E-state index in [1.165, 1.54) is 6.07 Å². The number of nitrogens with two attached hydrogens (primary N) is 1. The summed E-state index contributed by atoms with van der Waals surface area (Å²) in [6, 6.07) is 9.04. The lowest BCUT2D eigenvalue weighted by atomic mass is 9.90. The van der Waals surface area contributed by atoms with Crippen LogP contribution in [0, 0.1) is 6.92 Å². The molecular weight excluding hydrogens is 358 g/mol.